The number of nitrogens with zero attached hydrogens (tertiary/aromatic N) is 2. The largest absolute Gasteiger partial charge is 0.493 e. The first kappa shape index (κ1) is 26.1. The van der Waals surface area contributed by atoms with Gasteiger partial charge in [0, 0.05) is 19.7 Å². The van der Waals surface area contributed by atoms with E-state index in [1.165, 1.54) is 24.2 Å². The average molecular weight is 469 g/mol. The maximum absolute atomic E-state index is 12.3. The van der Waals surface area contributed by atoms with Gasteiger partial charge in [-0.05, 0) is 47.9 Å². The van der Waals surface area contributed by atoms with Crippen LogP contribution in [0.25, 0.3) is 6.08 Å². The third-order valence-electron chi connectivity index (χ3n) is 4.84. The first-order valence-electron chi connectivity index (χ1n) is 10.4. The SMILES string of the molecule is COc1ccc(CCN(C)C(=O)COC(=O)C=Cc2ccc(OCC#N)c(OC)c2)cc1OC. The molecule has 0 aromatic heterocycles. The van der Waals surface area contributed by atoms with E-state index in [2.05, 4.69) is 0 Å². The molecule has 2 aromatic rings. The normalized spacial score (nSPS) is 10.3. The van der Waals surface area contributed by atoms with Gasteiger partial charge in [-0.15, -0.1) is 0 Å². The molecule has 34 heavy (non-hydrogen) atoms. The summed E-state index contributed by atoms with van der Waals surface area (Å²) in [6, 6.07) is 12.5. The van der Waals surface area contributed by atoms with Crippen LogP contribution in [-0.4, -0.2) is 64.9 Å². The fourth-order valence-corrected chi connectivity index (χ4v) is 2.93. The molecule has 1 amide bonds. The van der Waals surface area contributed by atoms with Crippen LogP contribution in [0.3, 0.4) is 0 Å². The molecule has 0 fully saturated rings. The molecule has 0 bridgehead atoms. The number of hydrogen-bond donors (Lipinski definition) is 0. The Morgan fingerprint density at radius 3 is 2.32 bits per heavy atom. The Kier molecular flexibility index (Phi) is 10.3. The number of rotatable bonds is 12. The van der Waals surface area contributed by atoms with Crippen molar-refractivity contribution in [3.63, 3.8) is 0 Å². The van der Waals surface area contributed by atoms with Crippen molar-refractivity contribution in [1.82, 2.24) is 4.90 Å². The van der Waals surface area contributed by atoms with E-state index < -0.39 is 5.97 Å². The maximum Gasteiger partial charge on any atom is 0.331 e. The highest BCUT2D eigenvalue weighted by Crippen LogP contribution is 2.29. The monoisotopic (exact) mass is 468 g/mol. The summed E-state index contributed by atoms with van der Waals surface area (Å²) in [5.41, 5.74) is 1.65. The zero-order valence-electron chi connectivity index (χ0n) is 19.7. The van der Waals surface area contributed by atoms with Gasteiger partial charge in [0.05, 0.1) is 21.3 Å². The van der Waals surface area contributed by atoms with E-state index in [9.17, 15) is 9.59 Å². The maximum atomic E-state index is 12.3. The number of hydrogen-bond acceptors (Lipinski definition) is 8. The van der Waals surface area contributed by atoms with E-state index in [4.69, 9.17) is 28.9 Å². The predicted molar refractivity (Wildman–Crippen MR) is 125 cm³/mol. The standard InChI is InChI=1S/C25H28N2O7/c1-27(13-11-19-5-8-20(30-2)22(16-19)31-3)24(28)17-34-25(29)10-7-18-6-9-21(33-14-12-26)23(15-18)32-4/h5-10,15-16H,11,13-14,17H2,1-4H3. The number of amides is 1. The molecule has 0 radical (unpaired) electrons. The van der Waals surface area contributed by atoms with Crippen molar-refractivity contribution in [3.8, 4) is 29.1 Å². The highest BCUT2D eigenvalue weighted by atomic mass is 16.5. The van der Waals surface area contributed by atoms with E-state index in [0.717, 1.165) is 5.56 Å². The predicted octanol–water partition coefficient (Wildman–Crippen LogP) is 2.87. The summed E-state index contributed by atoms with van der Waals surface area (Å²) in [5.74, 6) is 1.14. The fraction of sp³-hybridized carbons (Fsp3) is 0.320. The number of ether oxygens (including phenoxy) is 5. The van der Waals surface area contributed by atoms with E-state index in [1.54, 1.807) is 39.5 Å². The second-order valence-electron chi connectivity index (χ2n) is 7.05. The number of benzene rings is 2. The molecule has 0 atom stereocenters. The Morgan fingerprint density at radius 2 is 1.65 bits per heavy atom. The zero-order chi connectivity index (χ0) is 24.9. The molecule has 0 aliphatic heterocycles. The fourth-order valence-electron chi connectivity index (χ4n) is 2.93. The molecule has 0 heterocycles. The Morgan fingerprint density at radius 1 is 0.971 bits per heavy atom. The van der Waals surface area contributed by atoms with Gasteiger partial charge in [0.15, 0.2) is 36.2 Å². The summed E-state index contributed by atoms with van der Waals surface area (Å²) in [6.07, 6.45) is 3.36. The van der Waals surface area contributed by atoms with Crippen molar-refractivity contribution in [2.24, 2.45) is 0 Å². The van der Waals surface area contributed by atoms with Crippen molar-refractivity contribution in [3.05, 3.63) is 53.6 Å². The molecular weight excluding hydrogens is 440 g/mol. The minimum Gasteiger partial charge on any atom is -0.493 e. The second-order valence-corrected chi connectivity index (χ2v) is 7.05. The van der Waals surface area contributed by atoms with Crippen LogP contribution in [0.1, 0.15) is 11.1 Å². The molecule has 180 valence electrons. The Labute approximate surface area is 199 Å². The highest BCUT2D eigenvalue weighted by Gasteiger charge is 2.12. The molecule has 0 unspecified atom stereocenters. The van der Waals surface area contributed by atoms with Crippen LogP contribution in [0.2, 0.25) is 0 Å². The summed E-state index contributed by atoms with van der Waals surface area (Å²) in [5, 5.41) is 8.62. The summed E-state index contributed by atoms with van der Waals surface area (Å²) >= 11 is 0. The van der Waals surface area contributed by atoms with Crippen LogP contribution in [0.15, 0.2) is 42.5 Å². The lowest BCUT2D eigenvalue weighted by atomic mass is 10.1. The van der Waals surface area contributed by atoms with Crippen LogP contribution in [0.5, 0.6) is 23.0 Å². The third-order valence-corrected chi connectivity index (χ3v) is 4.84. The Balaban J connectivity index is 1.83. The summed E-state index contributed by atoms with van der Waals surface area (Å²) < 4.78 is 26.1. The lowest BCUT2D eigenvalue weighted by molar-refractivity contribution is -0.147. The molecule has 2 rings (SSSR count). The molecule has 0 saturated carbocycles. The third kappa shape index (κ3) is 7.74. The van der Waals surface area contributed by atoms with Crippen molar-refractivity contribution >= 4 is 18.0 Å². The number of likely N-dealkylation sites (N-methyl/N-ethyl adjacent to an activating group) is 1. The number of nitriles is 1. The molecule has 9 heteroatoms. The van der Waals surface area contributed by atoms with Gasteiger partial charge in [-0.2, -0.15) is 5.26 Å². The quantitative estimate of drug-likeness (QED) is 0.346. The molecular formula is C25H28N2O7. The lowest BCUT2D eigenvalue weighted by Crippen LogP contribution is -2.32. The second kappa shape index (κ2) is 13.4. The molecule has 2 aromatic carbocycles. The van der Waals surface area contributed by atoms with Crippen LogP contribution in [-0.2, 0) is 20.7 Å². The molecule has 0 spiro atoms. The van der Waals surface area contributed by atoms with Gasteiger partial charge in [0.25, 0.3) is 5.91 Å². The number of carbonyl (C=O) groups excluding carboxylic acids is 2. The molecule has 0 saturated heterocycles. The van der Waals surface area contributed by atoms with Crippen molar-refractivity contribution in [1.29, 1.82) is 5.26 Å². The number of carbonyl (C=O) groups is 2. The van der Waals surface area contributed by atoms with Crippen LogP contribution >= 0.6 is 0 Å². The average Bonchev–Trinajstić information content (AvgIpc) is 2.87. The zero-order valence-corrected chi connectivity index (χ0v) is 19.7. The first-order chi connectivity index (χ1) is 16.4. The van der Waals surface area contributed by atoms with Crippen molar-refractivity contribution in [2.45, 2.75) is 6.42 Å². The van der Waals surface area contributed by atoms with E-state index in [0.29, 0.717) is 41.5 Å². The van der Waals surface area contributed by atoms with Gasteiger partial charge in [-0.1, -0.05) is 12.1 Å². The van der Waals surface area contributed by atoms with Gasteiger partial charge in [0.1, 0.15) is 6.07 Å². The minimum absolute atomic E-state index is 0.103. The molecule has 0 N–H and O–H groups in total. The van der Waals surface area contributed by atoms with Crippen LogP contribution < -0.4 is 18.9 Å². The topological polar surface area (TPSA) is 107 Å². The number of methoxy groups -OCH3 is 3. The smallest absolute Gasteiger partial charge is 0.331 e. The lowest BCUT2D eigenvalue weighted by Gasteiger charge is -2.17. The van der Waals surface area contributed by atoms with Crippen molar-refractivity contribution < 1.29 is 33.3 Å². The molecule has 0 aliphatic rings. The van der Waals surface area contributed by atoms with Crippen LogP contribution in [0, 0.1) is 11.3 Å². The summed E-state index contributed by atoms with van der Waals surface area (Å²) in [7, 11) is 6.26. The van der Waals surface area contributed by atoms with E-state index >= 15 is 0 Å². The highest BCUT2D eigenvalue weighted by molar-refractivity contribution is 5.89. The molecule has 9 nitrogen and oxygen atoms in total. The van der Waals surface area contributed by atoms with E-state index in [-0.39, 0.29) is 19.1 Å². The first-order valence-corrected chi connectivity index (χ1v) is 10.4. The van der Waals surface area contributed by atoms with Crippen molar-refractivity contribution in [2.75, 3.05) is 48.1 Å². The number of esters is 1. The minimum atomic E-state index is -0.648. The summed E-state index contributed by atoms with van der Waals surface area (Å²) in [4.78, 5) is 25.8. The molecule has 0 aliphatic carbocycles. The van der Waals surface area contributed by atoms with Gasteiger partial charge >= 0.3 is 5.97 Å². The van der Waals surface area contributed by atoms with Gasteiger partial charge in [-0.3, -0.25) is 4.79 Å². The summed E-state index contributed by atoms with van der Waals surface area (Å²) in [6.45, 7) is -0.0216. The van der Waals surface area contributed by atoms with E-state index in [1.807, 2.05) is 24.3 Å². The Hall–Kier alpha value is -4.19. The van der Waals surface area contributed by atoms with Gasteiger partial charge < -0.3 is 28.6 Å². The van der Waals surface area contributed by atoms with Crippen LogP contribution in [0.4, 0.5) is 0 Å². The van der Waals surface area contributed by atoms with Gasteiger partial charge in [0.2, 0.25) is 0 Å². The van der Waals surface area contributed by atoms with Gasteiger partial charge in [-0.25, -0.2) is 4.79 Å². The Bertz CT molecular complexity index is 1060.